The molecule has 1 rings (SSSR count). The first-order valence-electron chi connectivity index (χ1n) is 4.37. The molecule has 0 aromatic heterocycles. The molecule has 13 heavy (non-hydrogen) atoms. The van der Waals surface area contributed by atoms with Crippen molar-refractivity contribution >= 4 is 5.97 Å². The van der Waals surface area contributed by atoms with Crippen molar-refractivity contribution in [2.24, 2.45) is 11.7 Å². The minimum atomic E-state index is -0.452. The van der Waals surface area contributed by atoms with E-state index in [-0.39, 0.29) is 5.70 Å². The van der Waals surface area contributed by atoms with Gasteiger partial charge in [0.25, 0.3) is 0 Å². The molecule has 74 valence electrons. The molecule has 2 N–H and O–H groups in total. The summed E-state index contributed by atoms with van der Waals surface area (Å²) in [6.45, 7) is 1.49. The fraction of sp³-hybridized carbons (Fsp3) is 0.667. The maximum Gasteiger partial charge on any atom is 0.353 e. The number of hydrogen-bond acceptors (Lipinski definition) is 4. The van der Waals surface area contributed by atoms with Crippen molar-refractivity contribution in [1.29, 1.82) is 0 Å². The average Bonchev–Trinajstić information content (AvgIpc) is 2.18. The highest BCUT2D eigenvalue weighted by Gasteiger charge is 2.13. The van der Waals surface area contributed by atoms with Crippen LogP contribution in [0.4, 0.5) is 0 Å². The quantitative estimate of drug-likeness (QED) is 0.500. The zero-order valence-corrected chi connectivity index (χ0v) is 7.79. The molecule has 1 aliphatic rings. The summed E-state index contributed by atoms with van der Waals surface area (Å²) >= 11 is 0. The minimum absolute atomic E-state index is 0.203. The lowest BCUT2D eigenvalue weighted by molar-refractivity contribution is -0.136. The van der Waals surface area contributed by atoms with Gasteiger partial charge in [0, 0.05) is 13.2 Å². The van der Waals surface area contributed by atoms with Gasteiger partial charge in [0.05, 0.1) is 7.11 Å². The lowest BCUT2D eigenvalue weighted by Crippen LogP contribution is -2.18. The number of carbonyl (C=O) groups is 1. The fourth-order valence-corrected chi connectivity index (χ4v) is 1.32. The Kier molecular flexibility index (Phi) is 3.76. The van der Waals surface area contributed by atoms with Crippen LogP contribution in [-0.4, -0.2) is 26.3 Å². The van der Waals surface area contributed by atoms with E-state index in [2.05, 4.69) is 4.74 Å². The normalized spacial score (nSPS) is 19.9. The summed E-state index contributed by atoms with van der Waals surface area (Å²) in [7, 11) is 1.33. The largest absolute Gasteiger partial charge is 0.464 e. The van der Waals surface area contributed by atoms with Crippen LogP contribution in [0.3, 0.4) is 0 Å². The third-order valence-electron chi connectivity index (χ3n) is 2.10. The van der Waals surface area contributed by atoms with E-state index in [1.54, 1.807) is 6.08 Å². The van der Waals surface area contributed by atoms with Crippen molar-refractivity contribution in [3.63, 3.8) is 0 Å². The third kappa shape index (κ3) is 3.06. The number of rotatable bonds is 2. The molecule has 1 fully saturated rings. The monoisotopic (exact) mass is 185 g/mol. The van der Waals surface area contributed by atoms with Crippen LogP contribution in [-0.2, 0) is 14.3 Å². The molecular weight excluding hydrogens is 170 g/mol. The maximum absolute atomic E-state index is 10.9. The van der Waals surface area contributed by atoms with Crippen LogP contribution in [0.15, 0.2) is 11.8 Å². The van der Waals surface area contributed by atoms with Gasteiger partial charge in [0.2, 0.25) is 0 Å². The molecule has 1 aliphatic heterocycles. The van der Waals surface area contributed by atoms with Crippen molar-refractivity contribution in [1.82, 2.24) is 0 Å². The molecule has 0 bridgehead atoms. The van der Waals surface area contributed by atoms with Gasteiger partial charge >= 0.3 is 5.97 Å². The number of esters is 1. The standard InChI is InChI=1S/C9H15NO3/c1-12-9(11)8(10)6-7-2-4-13-5-3-7/h6-7H,2-5,10H2,1H3. The van der Waals surface area contributed by atoms with Crippen LogP contribution in [0, 0.1) is 5.92 Å². The van der Waals surface area contributed by atoms with E-state index in [0.717, 1.165) is 26.1 Å². The lowest BCUT2D eigenvalue weighted by atomic mass is 9.99. The Balaban J connectivity index is 2.47. The van der Waals surface area contributed by atoms with Gasteiger partial charge in [-0.05, 0) is 18.8 Å². The van der Waals surface area contributed by atoms with Gasteiger partial charge < -0.3 is 15.2 Å². The highest BCUT2D eigenvalue weighted by atomic mass is 16.5. The van der Waals surface area contributed by atoms with Gasteiger partial charge in [-0.1, -0.05) is 6.08 Å². The number of allylic oxidation sites excluding steroid dienone is 1. The molecule has 0 aliphatic carbocycles. The van der Waals surface area contributed by atoms with Gasteiger partial charge in [-0.2, -0.15) is 0 Å². The topological polar surface area (TPSA) is 61.5 Å². The Morgan fingerprint density at radius 2 is 2.15 bits per heavy atom. The summed E-state index contributed by atoms with van der Waals surface area (Å²) in [6, 6.07) is 0. The maximum atomic E-state index is 10.9. The zero-order chi connectivity index (χ0) is 9.68. The Hall–Kier alpha value is -1.03. The predicted molar refractivity (Wildman–Crippen MR) is 47.8 cm³/mol. The molecule has 0 radical (unpaired) electrons. The highest BCUT2D eigenvalue weighted by Crippen LogP contribution is 2.16. The molecule has 0 spiro atoms. The Morgan fingerprint density at radius 3 is 2.69 bits per heavy atom. The number of hydrogen-bond donors (Lipinski definition) is 1. The van der Waals surface area contributed by atoms with Crippen molar-refractivity contribution in [3.8, 4) is 0 Å². The minimum Gasteiger partial charge on any atom is -0.464 e. The summed E-state index contributed by atoms with van der Waals surface area (Å²) in [5.74, 6) is -0.0978. The fourth-order valence-electron chi connectivity index (χ4n) is 1.32. The first-order valence-corrected chi connectivity index (χ1v) is 4.37. The molecular formula is C9H15NO3. The van der Waals surface area contributed by atoms with E-state index < -0.39 is 5.97 Å². The molecule has 4 nitrogen and oxygen atoms in total. The van der Waals surface area contributed by atoms with Gasteiger partial charge in [-0.25, -0.2) is 4.79 Å². The van der Waals surface area contributed by atoms with Crippen molar-refractivity contribution < 1.29 is 14.3 Å². The second-order valence-corrected chi connectivity index (χ2v) is 3.06. The van der Waals surface area contributed by atoms with E-state index in [9.17, 15) is 4.79 Å². The first kappa shape index (κ1) is 10.1. The highest BCUT2D eigenvalue weighted by molar-refractivity contribution is 5.87. The van der Waals surface area contributed by atoms with E-state index in [0.29, 0.717) is 5.92 Å². The van der Waals surface area contributed by atoms with Crippen LogP contribution in [0.1, 0.15) is 12.8 Å². The summed E-state index contributed by atoms with van der Waals surface area (Å²) in [6.07, 6.45) is 3.63. The summed E-state index contributed by atoms with van der Waals surface area (Å²) in [5, 5.41) is 0. The van der Waals surface area contributed by atoms with Gasteiger partial charge in [0.15, 0.2) is 0 Å². The Labute approximate surface area is 77.7 Å². The summed E-state index contributed by atoms with van der Waals surface area (Å²) in [4.78, 5) is 10.9. The molecule has 4 heteroatoms. The smallest absolute Gasteiger partial charge is 0.353 e. The Morgan fingerprint density at radius 1 is 1.54 bits per heavy atom. The molecule has 0 aromatic rings. The molecule has 0 amide bonds. The van der Waals surface area contributed by atoms with Gasteiger partial charge in [0.1, 0.15) is 5.70 Å². The molecule has 0 unspecified atom stereocenters. The van der Waals surface area contributed by atoms with Crippen molar-refractivity contribution in [2.45, 2.75) is 12.8 Å². The second-order valence-electron chi connectivity index (χ2n) is 3.06. The predicted octanol–water partition coefficient (Wildman–Crippen LogP) is 0.429. The number of carbonyl (C=O) groups excluding carboxylic acids is 1. The molecule has 1 heterocycles. The first-order chi connectivity index (χ1) is 6.24. The molecule has 0 aromatic carbocycles. The van der Waals surface area contributed by atoms with E-state index in [4.69, 9.17) is 10.5 Å². The number of methoxy groups -OCH3 is 1. The number of ether oxygens (including phenoxy) is 2. The van der Waals surface area contributed by atoms with Crippen LogP contribution >= 0.6 is 0 Å². The second kappa shape index (κ2) is 4.87. The number of nitrogens with two attached hydrogens (primary N) is 1. The van der Waals surface area contributed by atoms with Crippen LogP contribution in [0.25, 0.3) is 0 Å². The Bertz CT molecular complexity index is 207. The molecule has 0 atom stereocenters. The summed E-state index contributed by atoms with van der Waals surface area (Å²) in [5.41, 5.74) is 5.71. The zero-order valence-electron chi connectivity index (χ0n) is 7.79. The van der Waals surface area contributed by atoms with Gasteiger partial charge in [-0.3, -0.25) is 0 Å². The van der Waals surface area contributed by atoms with E-state index >= 15 is 0 Å². The molecule has 1 saturated heterocycles. The summed E-state index contributed by atoms with van der Waals surface area (Å²) < 4.78 is 9.67. The lowest BCUT2D eigenvalue weighted by Gasteiger charge is -2.18. The average molecular weight is 185 g/mol. The van der Waals surface area contributed by atoms with E-state index in [1.165, 1.54) is 7.11 Å². The van der Waals surface area contributed by atoms with Gasteiger partial charge in [-0.15, -0.1) is 0 Å². The van der Waals surface area contributed by atoms with Crippen molar-refractivity contribution in [3.05, 3.63) is 11.8 Å². The van der Waals surface area contributed by atoms with Crippen LogP contribution in [0.2, 0.25) is 0 Å². The molecule has 0 saturated carbocycles. The van der Waals surface area contributed by atoms with Crippen LogP contribution in [0.5, 0.6) is 0 Å². The van der Waals surface area contributed by atoms with E-state index in [1.807, 2.05) is 0 Å². The third-order valence-corrected chi connectivity index (χ3v) is 2.10. The van der Waals surface area contributed by atoms with Crippen molar-refractivity contribution in [2.75, 3.05) is 20.3 Å². The van der Waals surface area contributed by atoms with Crippen LogP contribution < -0.4 is 5.73 Å². The SMILES string of the molecule is COC(=O)C(N)=CC1CCOCC1.